The van der Waals surface area contributed by atoms with Crippen molar-refractivity contribution in [2.45, 2.75) is 37.0 Å². The van der Waals surface area contributed by atoms with Gasteiger partial charge in [0.25, 0.3) is 10.0 Å². The highest BCUT2D eigenvalue weighted by Crippen LogP contribution is 2.26. The lowest BCUT2D eigenvalue weighted by atomic mass is 9.87. The van der Waals surface area contributed by atoms with Crippen LogP contribution in [0.1, 0.15) is 31.9 Å². The maximum atomic E-state index is 12.2. The minimum absolute atomic E-state index is 0.0290. The molecule has 0 aliphatic rings. The second kappa shape index (κ2) is 5.79. The fourth-order valence-corrected chi connectivity index (χ4v) is 4.08. The van der Waals surface area contributed by atoms with E-state index in [2.05, 4.69) is 25.5 Å². The van der Waals surface area contributed by atoms with Gasteiger partial charge in [0.2, 0.25) is 0 Å². The number of rotatable bonds is 4. The summed E-state index contributed by atoms with van der Waals surface area (Å²) in [7, 11) is -3.59. The number of hydrogen-bond acceptors (Lipinski definition) is 4. The van der Waals surface area contributed by atoms with Crippen molar-refractivity contribution < 1.29 is 13.5 Å². The second-order valence-electron chi connectivity index (χ2n) is 5.86. The van der Waals surface area contributed by atoms with E-state index in [0.29, 0.717) is 11.3 Å². The molecule has 1 heterocycles. The fraction of sp³-hybridized carbons (Fsp3) is 0.333. The maximum Gasteiger partial charge on any atom is 0.271 e. The Labute approximate surface area is 129 Å². The number of thiophene rings is 1. The summed E-state index contributed by atoms with van der Waals surface area (Å²) in [6, 6.07) is 8.85. The first-order chi connectivity index (χ1) is 9.72. The van der Waals surface area contributed by atoms with E-state index in [9.17, 15) is 8.42 Å². The molecule has 0 aliphatic carbocycles. The van der Waals surface area contributed by atoms with E-state index in [1.807, 2.05) is 12.1 Å². The highest BCUT2D eigenvalue weighted by atomic mass is 32.2. The summed E-state index contributed by atoms with van der Waals surface area (Å²) in [5.74, 6) is 0. The Balaban J connectivity index is 2.21. The van der Waals surface area contributed by atoms with Crippen LogP contribution in [0.25, 0.3) is 0 Å². The molecule has 0 saturated carbocycles. The smallest absolute Gasteiger partial charge is 0.271 e. The summed E-state index contributed by atoms with van der Waals surface area (Å²) in [5.41, 5.74) is 2.30. The molecule has 0 radical (unpaired) electrons. The molecule has 114 valence electrons. The third-order valence-electron chi connectivity index (χ3n) is 3.08. The largest absolute Gasteiger partial charge is 0.392 e. The highest BCUT2D eigenvalue weighted by Gasteiger charge is 2.18. The molecule has 2 N–H and O–H groups in total. The topological polar surface area (TPSA) is 66.4 Å². The molecule has 0 fully saturated rings. The van der Waals surface area contributed by atoms with Gasteiger partial charge in [-0.3, -0.25) is 4.72 Å². The van der Waals surface area contributed by atoms with E-state index in [-0.39, 0.29) is 16.2 Å². The van der Waals surface area contributed by atoms with Gasteiger partial charge in [-0.15, -0.1) is 11.3 Å². The first kappa shape index (κ1) is 16.0. The highest BCUT2D eigenvalue weighted by molar-refractivity contribution is 7.94. The van der Waals surface area contributed by atoms with Crippen molar-refractivity contribution in [1.82, 2.24) is 0 Å². The predicted octanol–water partition coefficient (Wildman–Crippen LogP) is 3.34. The monoisotopic (exact) mass is 325 g/mol. The summed E-state index contributed by atoms with van der Waals surface area (Å²) in [6.07, 6.45) is 0. The van der Waals surface area contributed by atoms with Crippen LogP contribution in [0.4, 0.5) is 5.69 Å². The van der Waals surface area contributed by atoms with E-state index in [0.717, 1.165) is 16.9 Å². The Morgan fingerprint density at radius 1 is 1.19 bits per heavy atom. The number of nitrogens with one attached hydrogen (secondary N) is 1. The second-order valence-corrected chi connectivity index (χ2v) is 8.69. The van der Waals surface area contributed by atoms with Gasteiger partial charge in [0.1, 0.15) is 4.21 Å². The zero-order valence-corrected chi connectivity index (χ0v) is 13.9. The molecule has 0 aliphatic heterocycles. The lowest BCUT2D eigenvalue weighted by molar-refractivity contribution is 0.282. The van der Waals surface area contributed by atoms with Crippen LogP contribution in [-0.4, -0.2) is 13.5 Å². The SMILES string of the molecule is CC(C)(C)c1ccc(NS(=O)(=O)c2cc(CO)cs2)cc1. The number of benzene rings is 1. The lowest BCUT2D eigenvalue weighted by Crippen LogP contribution is -2.13. The van der Waals surface area contributed by atoms with Crippen LogP contribution < -0.4 is 4.72 Å². The summed E-state index contributed by atoms with van der Waals surface area (Å²) in [4.78, 5) is 0. The van der Waals surface area contributed by atoms with Crippen molar-refractivity contribution in [2.75, 3.05) is 4.72 Å². The van der Waals surface area contributed by atoms with Gasteiger partial charge in [-0.05, 0) is 40.1 Å². The molecule has 0 atom stereocenters. The lowest BCUT2D eigenvalue weighted by Gasteiger charge is -2.19. The Bertz CT molecular complexity index is 710. The van der Waals surface area contributed by atoms with Gasteiger partial charge in [0, 0.05) is 5.69 Å². The van der Waals surface area contributed by atoms with Gasteiger partial charge < -0.3 is 5.11 Å². The molecule has 2 rings (SSSR count). The van der Waals surface area contributed by atoms with Gasteiger partial charge >= 0.3 is 0 Å². The van der Waals surface area contributed by atoms with Crippen LogP contribution in [0.15, 0.2) is 39.9 Å². The van der Waals surface area contributed by atoms with Crippen molar-refractivity contribution in [3.63, 3.8) is 0 Å². The van der Waals surface area contributed by atoms with Gasteiger partial charge in [0.15, 0.2) is 0 Å². The number of sulfonamides is 1. The minimum atomic E-state index is -3.59. The molecule has 6 heteroatoms. The Morgan fingerprint density at radius 2 is 1.81 bits per heavy atom. The maximum absolute atomic E-state index is 12.2. The van der Waals surface area contributed by atoms with Gasteiger partial charge in [-0.25, -0.2) is 8.42 Å². The fourth-order valence-electron chi connectivity index (χ4n) is 1.82. The Morgan fingerprint density at radius 3 is 2.29 bits per heavy atom. The van der Waals surface area contributed by atoms with Crippen LogP contribution in [0, 0.1) is 0 Å². The van der Waals surface area contributed by atoms with Crippen LogP contribution in [0.2, 0.25) is 0 Å². The molecule has 0 saturated heterocycles. The zero-order chi connectivity index (χ0) is 15.7. The Kier molecular flexibility index (Phi) is 4.41. The molecular weight excluding hydrogens is 306 g/mol. The molecule has 0 unspecified atom stereocenters. The summed E-state index contributed by atoms with van der Waals surface area (Å²) < 4.78 is 27.2. The first-order valence-corrected chi connectivity index (χ1v) is 8.90. The normalized spacial score (nSPS) is 12.4. The molecule has 1 aromatic carbocycles. The van der Waals surface area contributed by atoms with Crippen LogP contribution in [0.5, 0.6) is 0 Å². The van der Waals surface area contributed by atoms with Crippen LogP contribution in [-0.2, 0) is 22.0 Å². The third kappa shape index (κ3) is 3.84. The number of hydrogen-bond donors (Lipinski definition) is 2. The van der Waals surface area contributed by atoms with Crippen molar-refractivity contribution in [3.8, 4) is 0 Å². The van der Waals surface area contributed by atoms with Crippen molar-refractivity contribution in [3.05, 3.63) is 46.8 Å². The average Bonchev–Trinajstić information content (AvgIpc) is 2.87. The van der Waals surface area contributed by atoms with E-state index < -0.39 is 10.0 Å². The van der Waals surface area contributed by atoms with Crippen molar-refractivity contribution in [2.24, 2.45) is 0 Å². The van der Waals surface area contributed by atoms with Crippen molar-refractivity contribution >= 4 is 27.0 Å². The molecule has 4 nitrogen and oxygen atoms in total. The molecule has 0 spiro atoms. The van der Waals surface area contributed by atoms with Crippen LogP contribution >= 0.6 is 11.3 Å². The summed E-state index contributed by atoms with van der Waals surface area (Å²) in [6.45, 7) is 6.16. The number of aliphatic hydroxyl groups excluding tert-OH is 1. The van der Waals surface area contributed by atoms with E-state index in [4.69, 9.17) is 5.11 Å². The Hall–Kier alpha value is -1.37. The molecular formula is C15H19NO3S2. The molecule has 21 heavy (non-hydrogen) atoms. The standard InChI is InChI=1S/C15H19NO3S2/c1-15(2,3)12-4-6-13(7-5-12)16-21(18,19)14-8-11(9-17)10-20-14/h4-8,10,16-17H,9H2,1-3H3. The summed E-state index contributed by atoms with van der Waals surface area (Å²) in [5, 5.41) is 10.6. The number of anilines is 1. The van der Waals surface area contributed by atoms with Gasteiger partial charge in [0.05, 0.1) is 6.61 Å². The predicted molar refractivity (Wildman–Crippen MR) is 86.2 cm³/mol. The number of aliphatic hydroxyl groups is 1. The van der Waals surface area contributed by atoms with Crippen LogP contribution in [0.3, 0.4) is 0 Å². The third-order valence-corrected chi connectivity index (χ3v) is 5.95. The molecule has 1 aromatic heterocycles. The van der Waals surface area contributed by atoms with Gasteiger partial charge in [-0.1, -0.05) is 32.9 Å². The van der Waals surface area contributed by atoms with Crippen molar-refractivity contribution in [1.29, 1.82) is 0 Å². The van der Waals surface area contributed by atoms with E-state index in [1.165, 1.54) is 6.07 Å². The first-order valence-electron chi connectivity index (χ1n) is 6.54. The minimum Gasteiger partial charge on any atom is -0.392 e. The zero-order valence-electron chi connectivity index (χ0n) is 12.3. The van der Waals surface area contributed by atoms with E-state index >= 15 is 0 Å². The molecule has 0 bridgehead atoms. The molecule has 0 amide bonds. The van der Waals surface area contributed by atoms with E-state index in [1.54, 1.807) is 17.5 Å². The molecule has 2 aromatic rings. The quantitative estimate of drug-likeness (QED) is 0.906. The summed E-state index contributed by atoms with van der Waals surface area (Å²) >= 11 is 1.10. The van der Waals surface area contributed by atoms with Gasteiger partial charge in [-0.2, -0.15) is 0 Å². The average molecular weight is 325 g/mol.